The highest BCUT2D eigenvalue weighted by Crippen LogP contribution is 2.29. The Bertz CT molecular complexity index is 1790. The van der Waals surface area contributed by atoms with E-state index in [0.29, 0.717) is 65.2 Å². The van der Waals surface area contributed by atoms with Gasteiger partial charge in [-0.25, -0.2) is 0 Å². The third-order valence-corrected chi connectivity index (χ3v) is 10.2. The molecule has 2 aromatic heterocycles. The molecule has 11 nitrogen and oxygen atoms in total. The van der Waals surface area contributed by atoms with E-state index < -0.39 is 0 Å². The Morgan fingerprint density at radius 3 is 1.79 bits per heavy atom. The van der Waals surface area contributed by atoms with Crippen LogP contribution in [0.15, 0.2) is 53.5 Å². The first-order chi connectivity index (χ1) is 23.2. The Hall–Kier alpha value is -4.64. The second-order valence-electron chi connectivity index (χ2n) is 13.8. The SMILES string of the molecule is CC(N)=NCC1CCC(CNC(=O)c2cc3cc(NC(=O)c4ccc5[nH]c(C(=O)NCC6CCC(CN)CC6)cc5c4)ccc3[nH]2)CC1. The van der Waals surface area contributed by atoms with Crippen LogP contribution in [-0.4, -0.2) is 59.7 Å². The van der Waals surface area contributed by atoms with Crippen molar-refractivity contribution in [2.24, 2.45) is 40.1 Å². The number of nitrogens with one attached hydrogen (secondary N) is 5. The smallest absolute Gasteiger partial charge is 0.267 e. The largest absolute Gasteiger partial charge is 0.388 e. The molecule has 2 aliphatic carbocycles. The fraction of sp³-hybridized carbons (Fsp3) is 0.459. The minimum atomic E-state index is -0.260. The molecule has 3 amide bonds. The van der Waals surface area contributed by atoms with Gasteiger partial charge in [-0.2, -0.15) is 0 Å². The molecule has 2 fully saturated rings. The molecule has 0 saturated heterocycles. The number of hydrogen-bond acceptors (Lipinski definition) is 5. The summed E-state index contributed by atoms with van der Waals surface area (Å²) in [5.74, 6) is 2.23. The zero-order valence-corrected chi connectivity index (χ0v) is 27.7. The minimum Gasteiger partial charge on any atom is -0.388 e. The van der Waals surface area contributed by atoms with Gasteiger partial charge in [0.25, 0.3) is 17.7 Å². The number of amides is 3. The molecule has 0 spiro atoms. The summed E-state index contributed by atoms with van der Waals surface area (Å²) in [6, 6.07) is 14.5. The van der Waals surface area contributed by atoms with Gasteiger partial charge in [-0.3, -0.25) is 19.4 Å². The van der Waals surface area contributed by atoms with Crippen molar-refractivity contribution in [3.63, 3.8) is 0 Å². The highest BCUT2D eigenvalue weighted by atomic mass is 16.2. The van der Waals surface area contributed by atoms with E-state index in [-0.39, 0.29) is 17.7 Å². The van der Waals surface area contributed by atoms with Gasteiger partial charge in [0, 0.05) is 52.7 Å². The maximum atomic E-state index is 13.2. The van der Waals surface area contributed by atoms with Crippen molar-refractivity contribution >= 4 is 51.1 Å². The molecule has 4 aromatic rings. The number of nitrogens with two attached hydrogens (primary N) is 2. The van der Waals surface area contributed by atoms with Crippen LogP contribution in [-0.2, 0) is 0 Å². The predicted molar refractivity (Wildman–Crippen MR) is 191 cm³/mol. The van der Waals surface area contributed by atoms with Gasteiger partial charge in [0.2, 0.25) is 0 Å². The van der Waals surface area contributed by atoms with Crippen molar-refractivity contribution in [1.82, 2.24) is 20.6 Å². The quantitative estimate of drug-likeness (QED) is 0.0854. The van der Waals surface area contributed by atoms with Gasteiger partial charge >= 0.3 is 0 Å². The third kappa shape index (κ3) is 8.25. The van der Waals surface area contributed by atoms with Crippen LogP contribution in [0.5, 0.6) is 0 Å². The van der Waals surface area contributed by atoms with Crippen molar-refractivity contribution in [2.45, 2.75) is 58.3 Å². The number of aliphatic imine (C=N–C) groups is 1. The number of hydrogen-bond donors (Lipinski definition) is 7. The number of anilines is 1. The van der Waals surface area contributed by atoms with Crippen LogP contribution >= 0.6 is 0 Å². The molecule has 0 aliphatic heterocycles. The van der Waals surface area contributed by atoms with Crippen molar-refractivity contribution < 1.29 is 14.4 Å². The van der Waals surface area contributed by atoms with Crippen LogP contribution in [0.3, 0.4) is 0 Å². The summed E-state index contributed by atoms with van der Waals surface area (Å²) in [7, 11) is 0. The maximum Gasteiger partial charge on any atom is 0.267 e. The van der Waals surface area contributed by atoms with E-state index >= 15 is 0 Å². The number of aromatic amines is 2. The molecular formula is C37H48N8O3. The summed E-state index contributed by atoms with van der Waals surface area (Å²) in [5, 5.41) is 10.8. The van der Waals surface area contributed by atoms with Gasteiger partial charge in [0.15, 0.2) is 0 Å². The highest BCUT2D eigenvalue weighted by molar-refractivity contribution is 6.08. The Morgan fingerprint density at radius 2 is 1.23 bits per heavy atom. The lowest BCUT2D eigenvalue weighted by atomic mass is 9.82. The first-order valence-electron chi connectivity index (χ1n) is 17.3. The van der Waals surface area contributed by atoms with Gasteiger partial charge in [-0.1, -0.05) is 0 Å². The Kier molecular flexibility index (Phi) is 10.4. The molecule has 9 N–H and O–H groups in total. The lowest BCUT2D eigenvalue weighted by Crippen LogP contribution is -2.32. The number of nitrogens with zero attached hydrogens (tertiary/aromatic N) is 1. The van der Waals surface area contributed by atoms with Crippen LogP contribution in [0.2, 0.25) is 0 Å². The van der Waals surface area contributed by atoms with Gasteiger partial charge in [-0.05, 0) is 137 Å². The molecule has 11 heteroatoms. The maximum absolute atomic E-state index is 13.2. The average Bonchev–Trinajstić information content (AvgIpc) is 3.73. The van der Waals surface area contributed by atoms with Crippen LogP contribution in [0.4, 0.5) is 5.69 Å². The molecule has 0 radical (unpaired) electrons. The predicted octanol–water partition coefficient (Wildman–Crippen LogP) is 5.31. The van der Waals surface area contributed by atoms with Crippen molar-refractivity contribution in [3.8, 4) is 0 Å². The summed E-state index contributed by atoms with van der Waals surface area (Å²) < 4.78 is 0. The van der Waals surface area contributed by atoms with Crippen molar-refractivity contribution in [3.05, 3.63) is 65.5 Å². The van der Waals surface area contributed by atoms with Crippen LogP contribution in [0.25, 0.3) is 21.8 Å². The number of carbonyl (C=O) groups is 3. The molecule has 2 saturated carbocycles. The molecule has 2 aromatic carbocycles. The van der Waals surface area contributed by atoms with Crippen LogP contribution < -0.4 is 27.4 Å². The van der Waals surface area contributed by atoms with Crippen molar-refractivity contribution in [1.29, 1.82) is 0 Å². The summed E-state index contributed by atoms with van der Waals surface area (Å²) in [4.78, 5) is 49.8. The van der Waals surface area contributed by atoms with E-state index in [4.69, 9.17) is 11.5 Å². The lowest BCUT2D eigenvalue weighted by Gasteiger charge is -2.27. The van der Waals surface area contributed by atoms with E-state index in [2.05, 4.69) is 30.9 Å². The number of carbonyl (C=O) groups excluding carboxylic acids is 3. The molecule has 6 rings (SSSR count). The lowest BCUT2D eigenvalue weighted by molar-refractivity contribution is 0.0929. The van der Waals surface area contributed by atoms with E-state index in [0.717, 1.165) is 86.3 Å². The summed E-state index contributed by atoms with van der Waals surface area (Å²) in [6.45, 7) is 4.66. The fourth-order valence-corrected chi connectivity index (χ4v) is 7.16. The summed E-state index contributed by atoms with van der Waals surface area (Å²) >= 11 is 0. The molecule has 48 heavy (non-hydrogen) atoms. The zero-order valence-electron chi connectivity index (χ0n) is 27.7. The molecule has 2 heterocycles. The Balaban J connectivity index is 1.01. The number of H-pyrrole nitrogens is 2. The Morgan fingerprint density at radius 1 is 0.708 bits per heavy atom. The standard InChI is InChI=1S/C37H48N8O3/c1-22(39)40-19-24-6-8-26(9-7-24)21-42-37(48)34-17-29-15-30(11-13-32(29)45-34)43-35(46)27-10-12-31-28(14-27)16-33(44-31)36(47)41-20-25-4-2-23(18-38)3-5-25/h10-17,23-26,44-45H,2-9,18-21,38H2,1H3,(H2,39,40)(H,41,47)(H,42,48)(H,43,46). The minimum absolute atomic E-state index is 0.134. The molecule has 0 atom stereocenters. The number of rotatable bonds is 11. The van der Waals surface area contributed by atoms with Crippen molar-refractivity contribution in [2.75, 3.05) is 31.5 Å². The number of benzene rings is 2. The fourth-order valence-electron chi connectivity index (χ4n) is 7.16. The monoisotopic (exact) mass is 652 g/mol. The highest BCUT2D eigenvalue weighted by Gasteiger charge is 2.23. The first-order valence-corrected chi connectivity index (χ1v) is 17.3. The topological polar surface area (TPSA) is 183 Å². The third-order valence-electron chi connectivity index (χ3n) is 10.2. The van der Waals surface area contributed by atoms with Crippen LogP contribution in [0.1, 0.15) is 89.6 Å². The van der Waals surface area contributed by atoms with Gasteiger partial charge in [0.05, 0.1) is 5.84 Å². The number of amidine groups is 1. The average molecular weight is 653 g/mol. The second-order valence-corrected chi connectivity index (χ2v) is 13.8. The normalized spacial score (nSPS) is 21.7. The molecule has 254 valence electrons. The molecule has 0 bridgehead atoms. The van der Waals surface area contributed by atoms with E-state index in [1.807, 2.05) is 37.3 Å². The number of fused-ring (bicyclic) bond motifs is 2. The number of aromatic nitrogens is 2. The molecule has 0 unspecified atom stereocenters. The molecular weight excluding hydrogens is 604 g/mol. The Labute approximate surface area is 281 Å². The van der Waals surface area contributed by atoms with E-state index in [1.54, 1.807) is 18.2 Å². The summed E-state index contributed by atoms with van der Waals surface area (Å²) in [6.07, 6.45) is 8.79. The van der Waals surface area contributed by atoms with E-state index in [9.17, 15) is 14.4 Å². The summed E-state index contributed by atoms with van der Waals surface area (Å²) in [5.41, 5.74) is 15.2. The van der Waals surface area contributed by atoms with Gasteiger partial charge < -0.3 is 37.4 Å². The second kappa shape index (κ2) is 15.1. The zero-order chi connectivity index (χ0) is 33.6. The van der Waals surface area contributed by atoms with Gasteiger partial charge in [0.1, 0.15) is 11.4 Å². The van der Waals surface area contributed by atoms with Crippen LogP contribution in [0, 0.1) is 23.7 Å². The van der Waals surface area contributed by atoms with Gasteiger partial charge in [-0.15, -0.1) is 0 Å². The molecule has 2 aliphatic rings. The first kappa shape index (κ1) is 33.3. The van der Waals surface area contributed by atoms with E-state index in [1.165, 1.54) is 0 Å².